The largest absolute Gasteiger partial charge is 0.496 e. The first kappa shape index (κ1) is 23.0. The molecule has 3 aromatic rings. The highest BCUT2D eigenvalue weighted by atomic mass is 16.5. The summed E-state index contributed by atoms with van der Waals surface area (Å²) in [6, 6.07) is 12.5. The molecule has 3 heterocycles. The maximum atomic E-state index is 13.0. The van der Waals surface area contributed by atoms with Crippen LogP contribution in [-0.4, -0.2) is 46.2 Å². The number of likely N-dealkylation sites (tertiary alicyclic amines) is 1. The number of carbonyl (C=O) groups excluding carboxylic acids is 1. The van der Waals surface area contributed by atoms with Crippen molar-refractivity contribution in [3.05, 3.63) is 75.9 Å². The number of aromatic amines is 1. The molecule has 174 valence electrons. The normalized spacial score (nSPS) is 16.1. The van der Waals surface area contributed by atoms with Gasteiger partial charge in [-0.05, 0) is 74.9 Å². The number of hydrogen-bond donors (Lipinski definition) is 1. The third-order valence-electron chi connectivity index (χ3n) is 6.68. The van der Waals surface area contributed by atoms with Gasteiger partial charge < -0.3 is 9.64 Å². The van der Waals surface area contributed by atoms with Gasteiger partial charge in [0.1, 0.15) is 5.75 Å². The highest BCUT2D eigenvalue weighted by molar-refractivity contribution is 5.76. The van der Waals surface area contributed by atoms with Gasteiger partial charge in [0, 0.05) is 48.9 Å². The molecule has 1 amide bonds. The molecule has 1 aliphatic heterocycles. The minimum atomic E-state index is 0.224. The Hall–Kier alpha value is -3.15. The first-order valence-electron chi connectivity index (χ1n) is 11.8. The molecule has 1 aromatic carbocycles. The second-order valence-electron chi connectivity index (χ2n) is 9.12. The molecule has 6 heteroatoms. The molecule has 0 saturated carbocycles. The van der Waals surface area contributed by atoms with Gasteiger partial charge in [-0.2, -0.15) is 5.10 Å². The zero-order chi connectivity index (χ0) is 23.4. The molecule has 0 aliphatic carbocycles. The standard InChI is InChI=1S/C27H34N4O2/c1-18-14-21(15-22-8-5-6-10-26(22)33-4)16-25(28-18)23-9-7-13-31(17-23)27(32)12-11-24-19(2)29-30-20(24)3/h5-6,8,10,14,16,23H,7,9,11-13,15,17H2,1-4H3,(H,29,30). The summed E-state index contributed by atoms with van der Waals surface area (Å²) in [5, 5.41) is 7.26. The molecule has 0 bridgehead atoms. The Morgan fingerprint density at radius 3 is 2.79 bits per heavy atom. The average molecular weight is 447 g/mol. The van der Waals surface area contributed by atoms with E-state index in [-0.39, 0.29) is 11.8 Å². The first-order valence-corrected chi connectivity index (χ1v) is 11.8. The number of hydrogen-bond acceptors (Lipinski definition) is 4. The number of carbonyl (C=O) groups is 1. The number of amides is 1. The zero-order valence-electron chi connectivity index (χ0n) is 20.1. The quantitative estimate of drug-likeness (QED) is 0.573. The van der Waals surface area contributed by atoms with E-state index in [2.05, 4.69) is 35.3 Å². The van der Waals surface area contributed by atoms with Crippen LogP contribution >= 0.6 is 0 Å². The zero-order valence-corrected chi connectivity index (χ0v) is 20.1. The van der Waals surface area contributed by atoms with Crippen LogP contribution in [0.15, 0.2) is 36.4 Å². The third kappa shape index (κ3) is 5.44. The summed E-state index contributed by atoms with van der Waals surface area (Å²) in [6.07, 6.45) is 4.14. The van der Waals surface area contributed by atoms with Crippen LogP contribution in [0.25, 0.3) is 0 Å². The number of methoxy groups -OCH3 is 1. The smallest absolute Gasteiger partial charge is 0.222 e. The van der Waals surface area contributed by atoms with Crippen molar-refractivity contribution in [2.45, 2.75) is 58.8 Å². The van der Waals surface area contributed by atoms with Gasteiger partial charge in [0.15, 0.2) is 0 Å². The number of rotatable bonds is 7. The molecular formula is C27H34N4O2. The van der Waals surface area contributed by atoms with Crippen LogP contribution in [0.2, 0.25) is 0 Å². The van der Waals surface area contributed by atoms with E-state index in [1.165, 1.54) is 16.7 Å². The number of para-hydroxylation sites is 1. The highest BCUT2D eigenvalue weighted by Gasteiger charge is 2.26. The first-order chi connectivity index (χ1) is 15.9. The second-order valence-corrected chi connectivity index (χ2v) is 9.12. The van der Waals surface area contributed by atoms with E-state index in [9.17, 15) is 4.79 Å². The van der Waals surface area contributed by atoms with Crippen LogP contribution in [0.1, 0.15) is 64.6 Å². The van der Waals surface area contributed by atoms with E-state index < -0.39 is 0 Å². The van der Waals surface area contributed by atoms with Crippen molar-refractivity contribution in [3.8, 4) is 5.75 Å². The van der Waals surface area contributed by atoms with Crippen LogP contribution in [0.5, 0.6) is 5.75 Å². The highest BCUT2D eigenvalue weighted by Crippen LogP contribution is 2.29. The predicted molar refractivity (Wildman–Crippen MR) is 130 cm³/mol. The molecule has 1 saturated heterocycles. The molecule has 4 rings (SSSR count). The lowest BCUT2D eigenvalue weighted by atomic mass is 9.92. The molecule has 0 spiro atoms. The predicted octanol–water partition coefficient (Wildman–Crippen LogP) is 4.67. The molecule has 0 radical (unpaired) electrons. The molecule has 6 nitrogen and oxygen atoms in total. The fourth-order valence-electron chi connectivity index (χ4n) is 4.93. The lowest BCUT2D eigenvalue weighted by Gasteiger charge is -2.33. The van der Waals surface area contributed by atoms with Gasteiger partial charge in [0.2, 0.25) is 5.91 Å². The Kier molecular flexibility index (Phi) is 7.11. The van der Waals surface area contributed by atoms with Crippen LogP contribution in [-0.2, 0) is 17.6 Å². The van der Waals surface area contributed by atoms with Crippen molar-refractivity contribution in [1.29, 1.82) is 0 Å². The molecule has 1 atom stereocenters. The minimum absolute atomic E-state index is 0.224. The van der Waals surface area contributed by atoms with Crippen LogP contribution in [0, 0.1) is 20.8 Å². The molecular weight excluding hydrogens is 412 g/mol. The maximum absolute atomic E-state index is 13.0. The van der Waals surface area contributed by atoms with Gasteiger partial charge in [-0.3, -0.25) is 14.9 Å². The number of nitrogens with one attached hydrogen (secondary N) is 1. The summed E-state index contributed by atoms with van der Waals surface area (Å²) in [5.74, 6) is 1.41. The molecule has 1 fully saturated rings. The number of benzene rings is 1. The lowest BCUT2D eigenvalue weighted by molar-refractivity contribution is -0.132. The number of piperidine rings is 1. The maximum Gasteiger partial charge on any atom is 0.222 e. The summed E-state index contributed by atoms with van der Waals surface area (Å²) in [5.41, 5.74) is 7.73. The van der Waals surface area contributed by atoms with Crippen molar-refractivity contribution in [2.75, 3.05) is 20.2 Å². The fraction of sp³-hybridized carbons (Fsp3) is 0.444. The summed E-state index contributed by atoms with van der Waals surface area (Å²) in [7, 11) is 1.71. The van der Waals surface area contributed by atoms with Crippen molar-refractivity contribution in [2.24, 2.45) is 0 Å². The topological polar surface area (TPSA) is 71.1 Å². The Morgan fingerprint density at radius 1 is 1.21 bits per heavy atom. The van der Waals surface area contributed by atoms with E-state index in [1.54, 1.807) is 7.11 Å². The number of ether oxygens (including phenoxy) is 1. The summed E-state index contributed by atoms with van der Waals surface area (Å²) >= 11 is 0. The van der Waals surface area contributed by atoms with E-state index in [0.717, 1.165) is 67.3 Å². The van der Waals surface area contributed by atoms with Gasteiger partial charge in [-0.1, -0.05) is 18.2 Å². The van der Waals surface area contributed by atoms with Gasteiger partial charge in [-0.25, -0.2) is 0 Å². The van der Waals surface area contributed by atoms with Crippen molar-refractivity contribution >= 4 is 5.91 Å². The number of H-pyrrole nitrogens is 1. The van der Waals surface area contributed by atoms with Crippen LogP contribution in [0.4, 0.5) is 0 Å². The minimum Gasteiger partial charge on any atom is -0.496 e. The van der Waals surface area contributed by atoms with E-state index in [0.29, 0.717) is 6.42 Å². The second kappa shape index (κ2) is 10.2. The van der Waals surface area contributed by atoms with Gasteiger partial charge >= 0.3 is 0 Å². The Morgan fingerprint density at radius 2 is 2.03 bits per heavy atom. The van der Waals surface area contributed by atoms with Gasteiger partial charge in [0.25, 0.3) is 0 Å². The number of aryl methyl sites for hydroxylation is 3. The SMILES string of the molecule is COc1ccccc1Cc1cc(C)nc(C2CCCN(C(=O)CCc3c(C)n[nH]c3C)C2)c1. The molecule has 33 heavy (non-hydrogen) atoms. The summed E-state index contributed by atoms with van der Waals surface area (Å²) < 4.78 is 5.53. The van der Waals surface area contributed by atoms with Gasteiger partial charge in [0.05, 0.1) is 12.8 Å². The van der Waals surface area contributed by atoms with Crippen molar-refractivity contribution in [3.63, 3.8) is 0 Å². The van der Waals surface area contributed by atoms with Crippen LogP contribution < -0.4 is 4.74 Å². The number of aromatic nitrogens is 3. The number of pyridine rings is 1. The van der Waals surface area contributed by atoms with E-state index in [4.69, 9.17) is 9.72 Å². The van der Waals surface area contributed by atoms with E-state index >= 15 is 0 Å². The van der Waals surface area contributed by atoms with Crippen molar-refractivity contribution < 1.29 is 9.53 Å². The Balaban J connectivity index is 1.44. The molecule has 1 aliphatic rings. The molecule has 1 unspecified atom stereocenters. The number of nitrogens with zero attached hydrogens (tertiary/aromatic N) is 3. The third-order valence-corrected chi connectivity index (χ3v) is 6.68. The fourth-order valence-corrected chi connectivity index (χ4v) is 4.93. The molecule has 1 N–H and O–H groups in total. The average Bonchev–Trinajstić information content (AvgIpc) is 3.14. The summed E-state index contributed by atoms with van der Waals surface area (Å²) in [6.45, 7) is 7.64. The van der Waals surface area contributed by atoms with E-state index in [1.807, 2.05) is 36.9 Å². The Bertz CT molecular complexity index is 1100. The van der Waals surface area contributed by atoms with Crippen molar-refractivity contribution in [1.82, 2.24) is 20.1 Å². The Labute approximate surface area is 196 Å². The van der Waals surface area contributed by atoms with Gasteiger partial charge in [-0.15, -0.1) is 0 Å². The summed E-state index contributed by atoms with van der Waals surface area (Å²) in [4.78, 5) is 19.9. The van der Waals surface area contributed by atoms with Crippen LogP contribution in [0.3, 0.4) is 0 Å². The monoisotopic (exact) mass is 446 g/mol. The lowest BCUT2D eigenvalue weighted by Crippen LogP contribution is -2.39. The molecule has 2 aromatic heterocycles.